The Morgan fingerprint density at radius 1 is 1.12 bits per heavy atom. The smallest absolute Gasteiger partial charge is 0.315 e. The number of rotatable bonds is 3. The highest BCUT2D eigenvalue weighted by molar-refractivity contribution is 5.86. The molecule has 5 nitrogen and oxygen atoms in total. The normalized spacial score (nSPS) is 35.6. The molecular formula is C19H33N3O2. The van der Waals surface area contributed by atoms with E-state index in [0.29, 0.717) is 5.92 Å². The van der Waals surface area contributed by atoms with Gasteiger partial charge in [-0.2, -0.15) is 0 Å². The molecule has 0 spiro atoms. The summed E-state index contributed by atoms with van der Waals surface area (Å²) >= 11 is 0. The number of urea groups is 1. The minimum Gasteiger partial charge on any atom is -0.341 e. The number of hydrogen-bond acceptors (Lipinski definition) is 2. The molecule has 3 amide bonds. The summed E-state index contributed by atoms with van der Waals surface area (Å²) in [7, 11) is 0. The molecule has 136 valence electrons. The third kappa shape index (κ3) is 2.80. The Morgan fingerprint density at radius 2 is 1.79 bits per heavy atom. The van der Waals surface area contributed by atoms with E-state index in [0.717, 1.165) is 32.4 Å². The highest BCUT2D eigenvalue weighted by Crippen LogP contribution is 2.65. The number of fused-ring (bicyclic) bond motifs is 2. The van der Waals surface area contributed by atoms with Crippen molar-refractivity contribution in [1.29, 1.82) is 0 Å². The van der Waals surface area contributed by atoms with Gasteiger partial charge in [-0.25, -0.2) is 4.79 Å². The van der Waals surface area contributed by atoms with Gasteiger partial charge in [-0.1, -0.05) is 20.8 Å². The van der Waals surface area contributed by atoms with Crippen LogP contribution in [0.15, 0.2) is 0 Å². The number of piperidine rings is 1. The summed E-state index contributed by atoms with van der Waals surface area (Å²) in [5, 5.41) is 6.04. The maximum Gasteiger partial charge on any atom is 0.315 e. The zero-order valence-electron chi connectivity index (χ0n) is 15.7. The van der Waals surface area contributed by atoms with Crippen LogP contribution >= 0.6 is 0 Å². The fraction of sp³-hybridized carbons (Fsp3) is 0.895. The number of nitrogens with zero attached hydrogens (tertiary/aromatic N) is 1. The molecule has 1 saturated heterocycles. The van der Waals surface area contributed by atoms with Gasteiger partial charge in [0, 0.05) is 19.1 Å². The molecule has 2 bridgehead atoms. The molecule has 2 N–H and O–H groups in total. The van der Waals surface area contributed by atoms with Crippen molar-refractivity contribution in [3.63, 3.8) is 0 Å². The van der Waals surface area contributed by atoms with Crippen molar-refractivity contribution in [1.82, 2.24) is 15.5 Å². The van der Waals surface area contributed by atoms with Gasteiger partial charge in [0.15, 0.2) is 0 Å². The first-order valence-electron chi connectivity index (χ1n) is 9.61. The van der Waals surface area contributed by atoms with E-state index >= 15 is 0 Å². The Morgan fingerprint density at radius 3 is 2.33 bits per heavy atom. The molecule has 0 radical (unpaired) electrons. The van der Waals surface area contributed by atoms with Gasteiger partial charge in [-0.3, -0.25) is 4.79 Å². The summed E-state index contributed by atoms with van der Waals surface area (Å²) in [5.41, 5.74) is 0.440. The predicted octanol–water partition coefficient (Wildman–Crippen LogP) is 2.90. The number of nitrogens with one attached hydrogen (secondary N) is 2. The van der Waals surface area contributed by atoms with E-state index in [1.807, 2.05) is 4.90 Å². The molecule has 1 heterocycles. The molecule has 2 aliphatic carbocycles. The van der Waals surface area contributed by atoms with Crippen LogP contribution in [0.25, 0.3) is 0 Å². The molecule has 3 aliphatic rings. The second-order valence-electron chi connectivity index (χ2n) is 8.89. The van der Waals surface area contributed by atoms with Gasteiger partial charge in [0.1, 0.15) is 6.04 Å². The van der Waals surface area contributed by atoms with Crippen molar-refractivity contribution in [2.75, 3.05) is 13.1 Å². The molecule has 2 saturated carbocycles. The predicted molar refractivity (Wildman–Crippen MR) is 94.6 cm³/mol. The van der Waals surface area contributed by atoms with Crippen molar-refractivity contribution in [3.8, 4) is 0 Å². The first-order valence-corrected chi connectivity index (χ1v) is 9.61. The van der Waals surface area contributed by atoms with E-state index in [4.69, 9.17) is 0 Å². The van der Waals surface area contributed by atoms with Gasteiger partial charge in [0.05, 0.1) is 0 Å². The van der Waals surface area contributed by atoms with Crippen molar-refractivity contribution in [2.45, 2.75) is 78.3 Å². The number of hydrogen-bond donors (Lipinski definition) is 2. The van der Waals surface area contributed by atoms with Gasteiger partial charge < -0.3 is 15.5 Å². The van der Waals surface area contributed by atoms with Crippen LogP contribution in [0.1, 0.15) is 66.2 Å². The Kier molecular flexibility index (Phi) is 4.56. The standard InChI is InChI=1S/C19H33N3O2/c1-13(16(23)22-10-6-5-7-11-22)20-17(24)21-15-12-14-8-9-19(15,4)18(14,2)3/h13-15H,5-12H2,1-4H3,(H2,20,21,24)/t13-,14+,15-,19+/m0/s1. The Labute approximate surface area is 145 Å². The zero-order chi connectivity index (χ0) is 17.5. The molecule has 0 aromatic heterocycles. The second kappa shape index (κ2) is 6.23. The maximum absolute atomic E-state index is 12.4. The monoisotopic (exact) mass is 335 g/mol. The topological polar surface area (TPSA) is 61.4 Å². The Hall–Kier alpha value is -1.26. The Balaban J connectivity index is 1.53. The second-order valence-corrected chi connectivity index (χ2v) is 8.89. The van der Waals surface area contributed by atoms with Crippen LogP contribution in [0.5, 0.6) is 0 Å². The molecule has 24 heavy (non-hydrogen) atoms. The van der Waals surface area contributed by atoms with Gasteiger partial charge >= 0.3 is 6.03 Å². The summed E-state index contributed by atoms with van der Waals surface area (Å²) in [6, 6.07) is -0.437. The molecular weight excluding hydrogens is 302 g/mol. The van der Waals surface area contributed by atoms with Crippen LogP contribution in [0, 0.1) is 16.7 Å². The van der Waals surface area contributed by atoms with E-state index in [9.17, 15) is 9.59 Å². The highest BCUT2D eigenvalue weighted by Gasteiger charge is 2.61. The summed E-state index contributed by atoms with van der Waals surface area (Å²) in [6.07, 6.45) is 6.85. The summed E-state index contributed by atoms with van der Waals surface area (Å²) in [5.74, 6) is 0.740. The van der Waals surface area contributed by atoms with Crippen molar-refractivity contribution in [3.05, 3.63) is 0 Å². The number of carbonyl (C=O) groups excluding carboxylic acids is 2. The molecule has 4 atom stereocenters. The molecule has 0 aromatic carbocycles. The lowest BCUT2D eigenvalue weighted by molar-refractivity contribution is -0.133. The molecule has 1 aliphatic heterocycles. The highest BCUT2D eigenvalue weighted by atomic mass is 16.2. The fourth-order valence-corrected chi connectivity index (χ4v) is 5.27. The zero-order valence-corrected chi connectivity index (χ0v) is 15.7. The SMILES string of the molecule is C[C@H](NC(=O)N[C@H]1C[C@H]2CC[C@@]1(C)C2(C)C)C(=O)N1CCCCC1. The van der Waals surface area contributed by atoms with Gasteiger partial charge in [-0.15, -0.1) is 0 Å². The summed E-state index contributed by atoms with van der Waals surface area (Å²) in [6.45, 7) is 10.4. The lowest BCUT2D eigenvalue weighted by Gasteiger charge is -2.39. The van der Waals surface area contributed by atoms with E-state index in [2.05, 4.69) is 31.4 Å². The third-order valence-electron chi connectivity index (χ3n) is 7.49. The van der Waals surface area contributed by atoms with Crippen LogP contribution in [-0.4, -0.2) is 42.0 Å². The summed E-state index contributed by atoms with van der Waals surface area (Å²) < 4.78 is 0. The quantitative estimate of drug-likeness (QED) is 0.833. The first kappa shape index (κ1) is 17.6. The molecule has 0 unspecified atom stereocenters. The lowest BCUT2D eigenvalue weighted by atomic mass is 9.69. The van der Waals surface area contributed by atoms with Gasteiger partial charge in [0.25, 0.3) is 0 Å². The number of amides is 3. The Bertz CT molecular complexity index is 513. The van der Waals surface area contributed by atoms with Crippen molar-refractivity contribution in [2.24, 2.45) is 16.7 Å². The van der Waals surface area contributed by atoms with Gasteiger partial charge in [0.2, 0.25) is 5.91 Å². The van der Waals surface area contributed by atoms with Crippen molar-refractivity contribution >= 4 is 11.9 Å². The van der Waals surface area contributed by atoms with Gasteiger partial charge in [-0.05, 0) is 62.2 Å². The largest absolute Gasteiger partial charge is 0.341 e. The van der Waals surface area contributed by atoms with Crippen molar-refractivity contribution < 1.29 is 9.59 Å². The number of likely N-dealkylation sites (tertiary alicyclic amines) is 1. The number of carbonyl (C=O) groups is 2. The van der Waals surface area contributed by atoms with Crippen LogP contribution < -0.4 is 10.6 Å². The molecule has 0 aromatic rings. The van der Waals surface area contributed by atoms with E-state index in [1.54, 1.807) is 6.92 Å². The average Bonchev–Trinajstić information content (AvgIpc) is 2.88. The average molecular weight is 335 g/mol. The fourth-order valence-electron chi connectivity index (χ4n) is 5.27. The first-order chi connectivity index (χ1) is 11.3. The molecule has 3 fully saturated rings. The van der Waals surface area contributed by atoms with E-state index < -0.39 is 6.04 Å². The minimum atomic E-state index is -0.456. The van der Waals surface area contributed by atoms with Crippen LogP contribution in [0.4, 0.5) is 4.79 Å². The summed E-state index contributed by atoms with van der Waals surface area (Å²) in [4.78, 5) is 26.8. The van der Waals surface area contributed by atoms with Crippen LogP contribution in [-0.2, 0) is 4.79 Å². The van der Waals surface area contributed by atoms with E-state index in [1.165, 1.54) is 19.3 Å². The van der Waals surface area contributed by atoms with Crippen LogP contribution in [0.3, 0.4) is 0 Å². The molecule has 5 heteroatoms. The maximum atomic E-state index is 12.4. The third-order valence-corrected chi connectivity index (χ3v) is 7.49. The van der Waals surface area contributed by atoms with Crippen LogP contribution in [0.2, 0.25) is 0 Å². The lowest BCUT2D eigenvalue weighted by Crippen LogP contribution is -2.55. The van der Waals surface area contributed by atoms with E-state index in [-0.39, 0.29) is 28.8 Å². The molecule has 3 rings (SSSR count). The minimum absolute atomic E-state index is 0.0457.